The Morgan fingerprint density at radius 1 is 1.19 bits per heavy atom. The second-order valence-electron chi connectivity index (χ2n) is 6.86. The zero-order valence-corrected chi connectivity index (χ0v) is 13.7. The molecule has 2 fully saturated rings. The number of nitrogens with zero attached hydrogens (tertiary/aromatic N) is 2. The van der Waals surface area contributed by atoms with Crippen molar-refractivity contribution in [1.82, 2.24) is 15.1 Å². The third-order valence-electron chi connectivity index (χ3n) is 4.19. The topological polar surface area (TPSA) is 61.9 Å². The molecule has 0 bridgehead atoms. The van der Waals surface area contributed by atoms with Crippen LogP contribution in [0.3, 0.4) is 0 Å². The Morgan fingerprint density at radius 2 is 1.71 bits per heavy atom. The van der Waals surface area contributed by atoms with Crippen LogP contribution in [0.4, 0.5) is 9.59 Å². The summed E-state index contributed by atoms with van der Waals surface area (Å²) in [5.41, 5.74) is -0.458. The molecule has 1 aliphatic heterocycles. The van der Waals surface area contributed by atoms with E-state index in [1.54, 1.807) is 9.80 Å². The molecule has 0 radical (unpaired) electrons. The molecule has 1 saturated heterocycles. The van der Waals surface area contributed by atoms with Crippen molar-refractivity contribution in [3.05, 3.63) is 0 Å². The summed E-state index contributed by atoms with van der Waals surface area (Å²) in [7, 11) is 0. The fraction of sp³-hybridized carbons (Fsp3) is 0.867. The maximum absolute atomic E-state index is 12.0. The first-order chi connectivity index (χ1) is 9.76. The minimum Gasteiger partial charge on any atom is -0.444 e. The molecule has 120 valence electrons. The minimum atomic E-state index is -0.458. The predicted molar refractivity (Wildman–Crippen MR) is 80.0 cm³/mol. The lowest BCUT2D eigenvalue weighted by molar-refractivity contribution is 0.0270. The average Bonchev–Trinajstić information content (AvgIpc) is 2.84. The van der Waals surface area contributed by atoms with Gasteiger partial charge in [0, 0.05) is 44.1 Å². The molecular weight excluding hydrogens is 270 g/mol. The van der Waals surface area contributed by atoms with Gasteiger partial charge in [-0.2, -0.15) is 0 Å². The fourth-order valence-electron chi connectivity index (χ4n) is 2.96. The molecule has 3 amide bonds. The third-order valence-corrected chi connectivity index (χ3v) is 4.19. The number of carbonyl (C=O) groups excluding carboxylic acids is 2. The van der Waals surface area contributed by atoms with Gasteiger partial charge in [-0.05, 0) is 34.6 Å². The van der Waals surface area contributed by atoms with Crippen LogP contribution in [0.15, 0.2) is 0 Å². The highest BCUT2D eigenvalue weighted by molar-refractivity contribution is 5.75. The molecule has 2 atom stereocenters. The molecule has 21 heavy (non-hydrogen) atoms. The van der Waals surface area contributed by atoms with Crippen LogP contribution in [-0.2, 0) is 4.74 Å². The first-order valence-corrected chi connectivity index (χ1v) is 7.80. The molecule has 1 aliphatic carbocycles. The molecule has 6 nitrogen and oxygen atoms in total. The second kappa shape index (κ2) is 5.73. The van der Waals surface area contributed by atoms with Gasteiger partial charge in [0.2, 0.25) is 0 Å². The molecule has 1 heterocycles. The molecule has 2 aliphatic rings. The van der Waals surface area contributed by atoms with Crippen LogP contribution < -0.4 is 5.32 Å². The van der Waals surface area contributed by atoms with E-state index in [9.17, 15) is 9.59 Å². The number of hydrogen-bond acceptors (Lipinski definition) is 3. The van der Waals surface area contributed by atoms with Gasteiger partial charge < -0.3 is 19.9 Å². The average molecular weight is 297 g/mol. The van der Waals surface area contributed by atoms with Crippen molar-refractivity contribution in [2.75, 3.05) is 26.2 Å². The van der Waals surface area contributed by atoms with Gasteiger partial charge in [-0.15, -0.1) is 0 Å². The van der Waals surface area contributed by atoms with Crippen molar-refractivity contribution in [2.24, 2.45) is 11.8 Å². The van der Waals surface area contributed by atoms with Crippen molar-refractivity contribution in [1.29, 1.82) is 0 Å². The SMILES string of the molecule is CCN(CC)C(=O)NC1C2CN(C(=O)OC(C)(C)C)CC21. The summed E-state index contributed by atoms with van der Waals surface area (Å²) in [5.74, 6) is 0.772. The van der Waals surface area contributed by atoms with Crippen LogP contribution in [0, 0.1) is 11.8 Å². The predicted octanol–water partition coefficient (Wildman–Crippen LogP) is 1.90. The Kier molecular flexibility index (Phi) is 4.35. The summed E-state index contributed by atoms with van der Waals surface area (Å²) in [6.45, 7) is 12.4. The minimum absolute atomic E-state index is 0.00298. The van der Waals surface area contributed by atoms with Gasteiger partial charge in [-0.1, -0.05) is 0 Å². The fourth-order valence-corrected chi connectivity index (χ4v) is 2.96. The van der Waals surface area contributed by atoms with E-state index in [4.69, 9.17) is 4.74 Å². The maximum Gasteiger partial charge on any atom is 0.410 e. The summed E-state index contributed by atoms with van der Waals surface area (Å²) in [4.78, 5) is 27.5. The zero-order valence-electron chi connectivity index (χ0n) is 13.7. The Bertz CT molecular complexity index is 403. The number of likely N-dealkylation sites (tertiary alicyclic amines) is 1. The van der Waals surface area contributed by atoms with Crippen molar-refractivity contribution >= 4 is 12.1 Å². The molecule has 2 rings (SSSR count). The van der Waals surface area contributed by atoms with E-state index >= 15 is 0 Å². The zero-order chi connectivity index (χ0) is 15.8. The molecule has 0 aromatic heterocycles. The molecule has 0 aromatic rings. The summed E-state index contributed by atoms with van der Waals surface area (Å²) in [5, 5.41) is 3.07. The number of amides is 3. The maximum atomic E-state index is 12.0. The van der Waals surface area contributed by atoms with Crippen molar-refractivity contribution in [3.8, 4) is 0 Å². The number of carbonyl (C=O) groups is 2. The van der Waals surface area contributed by atoms with Crippen molar-refractivity contribution < 1.29 is 14.3 Å². The van der Waals surface area contributed by atoms with Crippen LogP contribution >= 0.6 is 0 Å². The van der Waals surface area contributed by atoms with Crippen LogP contribution in [0.5, 0.6) is 0 Å². The van der Waals surface area contributed by atoms with Crippen LogP contribution in [0.25, 0.3) is 0 Å². The van der Waals surface area contributed by atoms with Crippen LogP contribution in [-0.4, -0.2) is 59.7 Å². The largest absolute Gasteiger partial charge is 0.444 e. The van der Waals surface area contributed by atoms with Gasteiger partial charge in [0.05, 0.1) is 0 Å². The second-order valence-corrected chi connectivity index (χ2v) is 6.86. The molecule has 0 aromatic carbocycles. The first kappa shape index (κ1) is 15.9. The number of fused-ring (bicyclic) bond motifs is 1. The van der Waals surface area contributed by atoms with E-state index in [2.05, 4.69) is 5.32 Å². The number of rotatable bonds is 3. The van der Waals surface area contributed by atoms with Crippen LogP contribution in [0.2, 0.25) is 0 Å². The lowest BCUT2D eigenvalue weighted by atomic mass is 10.2. The normalized spacial score (nSPS) is 27.1. The Balaban J connectivity index is 1.77. The third kappa shape index (κ3) is 3.60. The van der Waals surface area contributed by atoms with Gasteiger partial charge in [0.15, 0.2) is 0 Å². The summed E-state index contributed by atoms with van der Waals surface area (Å²) >= 11 is 0. The van der Waals surface area contributed by atoms with Crippen molar-refractivity contribution in [3.63, 3.8) is 0 Å². The highest BCUT2D eigenvalue weighted by atomic mass is 16.6. The van der Waals surface area contributed by atoms with Gasteiger partial charge in [0.25, 0.3) is 0 Å². The monoisotopic (exact) mass is 297 g/mol. The lowest BCUT2D eigenvalue weighted by Gasteiger charge is -2.26. The van der Waals surface area contributed by atoms with Gasteiger partial charge in [-0.25, -0.2) is 9.59 Å². The standard InChI is InChI=1S/C15H27N3O3/c1-6-17(7-2)13(19)16-12-10-8-18(9-11(10)12)14(20)21-15(3,4)5/h10-12H,6-9H2,1-5H3,(H,16,19). The molecule has 1 saturated carbocycles. The van der Waals surface area contributed by atoms with E-state index in [1.165, 1.54) is 0 Å². The number of piperidine rings is 1. The highest BCUT2D eigenvalue weighted by Gasteiger charge is 2.58. The molecular formula is C15H27N3O3. The summed E-state index contributed by atoms with van der Waals surface area (Å²) in [6.07, 6.45) is -0.247. The van der Waals surface area contributed by atoms with Gasteiger partial charge in [0.1, 0.15) is 5.60 Å². The first-order valence-electron chi connectivity index (χ1n) is 7.80. The van der Waals surface area contributed by atoms with E-state index in [0.29, 0.717) is 38.0 Å². The van der Waals surface area contributed by atoms with Crippen molar-refractivity contribution in [2.45, 2.75) is 46.3 Å². The number of ether oxygens (including phenoxy) is 1. The summed E-state index contributed by atoms with van der Waals surface area (Å²) in [6, 6.07) is 0.222. The highest BCUT2D eigenvalue weighted by Crippen LogP contribution is 2.45. The Hall–Kier alpha value is -1.46. The lowest BCUT2D eigenvalue weighted by Crippen LogP contribution is -2.44. The molecule has 0 spiro atoms. The van der Waals surface area contributed by atoms with E-state index in [1.807, 2.05) is 34.6 Å². The number of hydrogen-bond donors (Lipinski definition) is 1. The molecule has 2 unspecified atom stereocenters. The summed E-state index contributed by atoms with van der Waals surface area (Å²) < 4.78 is 5.37. The Morgan fingerprint density at radius 3 is 2.14 bits per heavy atom. The molecule has 1 N–H and O–H groups in total. The van der Waals surface area contributed by atoms with Crippen LogP contribution in [0.1, 0.15) is 34.6 Å². The molecule has 6 heteroatoms. The van der Waals surface area contributed by atoms with Gasteiger partial charge in [-0.3, -0.25) is 0 Å². The van der Waals surface area contributed by atoms with E-state index in [0.717, 1.165) is 0 Å². The quantitative estimate of drug-likeness (QED) is 0.865. The van der Waals surface area contributed by atoms with E-state index < -0.39 is 5.60 Å². The van der Waals surface area contributed by atoms with Gasteiger partial charge >= 0.3 is 12.1 Å². The number of nitrogens with one attached hydrogen (secondary N) is 1. The number of urea groups is 1. The smallest absolute Gasteiger partial charge is 0.410 e. The Labute approximate surface area is 126 Å². The van der Waals surface area contributed by atoms with E-state index in [-0.39, 0.29) is 18.2 Å².